The van der Waals surface area contributed by atoms with Gasteiger partial charge in [0.15, 0.2) is 5.96 Å². The van der Waals surface area contributed by atoms with E-state index in [1.807, 2.05) is 0 Å². The quantitative estimate of drug-likeness (QED) is 0.440. The third kappa shape index (κ3) is 7.04. The summed E-state index contributed by atoms with van der Waals surface area (Å²) in [6.07, 6.45) is 5.23. The van der Waals surface area contributed by atoms with Crippen LogP contribution in [-0.2, 0) is 6.54 Å². The Hall–Kier alpha value is -1.55. The number of hydrogen-bond acceptors (Lipinski definition) is 2. The molecule has 4 nitrogen and oxygen atoms in total. The summed E-state index contributed by atoms with van der Waals surface area (Å²) in [7, 11) is 0. The van der Waals surface area contributed by atoms with E-state index in [0.29, 0.717) is 0 Å². The lowest BCUT2D eigenvalue weighted by atomic mass is 10.1. The summed E-state index contributed by atoms with van der Waals surface area (Å²) in [5.41, 5.74) is 2.55. The average molecular weight is 316 g/mol. The number of unbranched alkanes of at least 4 members (excludes halogenated alkanes) is 1. The first-order valence-electron chi connectivity index (χ1n) is 9.08. The van der Waals surface area contributed by atoms with Crippen LogP contribution in [0.15, 0.2) is 29.3 Å². The number of aryl methyl sites for hydroxylation is 1. The molecular formula is C19H32N4. The molecule has 0 amide bonds. The summed E-state index contributed by atoms with van der Waals surface area (Å²) in [6, 6.07) is 8.55. The van der Waals surface area contributed by atoms with Crippen molar-refractivity contribution in [3.8, 4) is 0 Å². The van der Waals surface area contributed by atoms with Crippen LogP contribution >= 0.6 is 0 Å². The highest BCUT2D eigenvalue weighted by Crippen LogP contribution is 2.08. The van der Waals surface area contributed by atoms with E-state index in [1.165, 1.54) is 56.4 Å². The van der Waals surface area contributed by atoms with E-state index in [2.05, 4.69) is 58.6 Å². The zero-order valence-electron chi connectivity index (χ0n) is 14.8. The van der Waals surface area contributed by atoms with Crippen LogP contribution in [0.5, 0.6) is 0 Å². The number of rotatable bonds is 8. The van der Waals surface area contributed by atoms with Gasteiger partial charge in [0.2, 0.25) is 0 Å². The predicted molar refractivity (Wildman–Crippen MR) is 98.9 cm³/mol. The number of nitrogens with one attached hydrogen (secondary N) is 2. The first kappa shape index (κ1) is 17.8. The fraction of sp³-hybridized carbons (Fsp3) is 0.632. The molecule has 128 valence electrons. The summed E-state index contributed by atoms with van der Waals surface area (Å²) in [4.78, 5) is 7.26. The van der Waals surface area contributed by atoms with E-state index >= 15 is 0 Å². The Labute approximate surface area is 141 Å². The minimum Gasteiger partial charge on any atom is -0.357 e. The Morgan fingerprint density at radius 1 is 1.17 bits per heavy atom. The van der Waals surface area contributed by atoms with Gasteiger partial charge in [-0.25, -0.2) is 4.99 Å². The molecule has 0 aromatic heterocycles. The molecule has 0 aliphatic carbocycles. The smallest absolute Gasteiger partial charge is 0.191 e. The van der Waals surface area contributed by atoms with Crippen LogP contribution in [0.4, 0.5) is 0 Å². The second-order valence-corrected chi connectivity index (χ2v) is 6.37. The molecule has 1 heterocycles. The van der Waals surface area contributed by atoms with Crippen molar-refractivity contribution < 1.29 is 0 Å². The zero-order valence-corrected chi connectivity index (χ0v) is 14.8. The molecule has 1 aliphatic heterocycles. The van der Waals surface area contributed by atoms with E-state index in [0.717, 1.165) is 25.6 Å². The van der Waals surface area contributed by atoms with Crippen molar-refractivity contribution in [2.45, 2.75) is 46.1 Å². The van der Waals surface area contributed by atoms with E-state index < -0.39 is 0 Å². The summed E-state index contributed by atoms with van der Waals surface area (Å²) in [6.45, 7) is 10.7. The molecule has 0 spiro atoms. The number of aliphatic imine (C=N–C) groups is 1. The van der Waals surface area contributed by atoms with E-state index in [-0.39, 0.29) is 0 Å². The van der Waals surface area contributed by atoms with Gasteiger partial charge < -0.3 is 15.5 Å². The van der Waals surface area contributed by atoms with E-state index in [4.69, 9.17) is 0 Å². The SMILES string of the molecule is CCNC(=NCc1cccc(C)c1)NCCCCN1CCCC1. The Morgan fingerprint density at radius 3 is 2.74 bits per heavy atom. The molecule has 0 radical (unpaired) electrons. The average Bonchev–Trinajstić information content (AvgIpc) is 3.05. The summed E-state index contributed by atoms with van der Waals surface area (Å²) in [5, 5.41) is 6.78. The monoisotopic (exact) mass is 316 g/mol. The predicted octanol–water partition coefficient (Wildman–Crippen LogP) is 2.93. The maximum atomic E-state index is 4.68. The number of guanidine groups is 1. The topological polar surface area (TPSA) is 39.7 Å². The van der Waals surface area contributed by atoms with Crippen LogP contribution in [-0.4, -0.2) is 43.6 Å². The molecule has 0 saturated carbocycles. The molecule has 1 aliphatic rings. The normalized spacial score (nSPS) is 15.8. The highest BCUT2D eigenvalue weighted by Gasteiger charge is 2.09. The molecule has 0 unspecified atom stereocenters. The van der Waals surface area contributed by atoms with Crippen molar-refractivity contribution in [1.29, 1.82) is 0 Å². The summed E-state index contributed by atoms with van der Waals surface area (Å²) in [5.74, 6) is 0.926. The van der Waals surface area contributed by atoms with Crippen LogP contribution in [0, 0.1) is 6.92 Å². The van der Waals surface area contributed by atoms with Gasteiger partial charge in [0, 0.05) is 13.1 Å². The summed E-state index contributed by atoms with van der Waals surface area (Å²) < 4.78 is 0. The second-order valence-electron chi connectivity index (χ2n) is 6.37. The third-order valence-corrected chi connectivity index (χ3v) is 4.24. The maximum absolute atomic E-state index is 4.68. The minimum absolute atomic E-state index is 0.727. The molecule has 1 fully saturated rings. The van der Waals surface area contributed by atoms with Gasteiger partial charge in [-0.1, -0.05) is 29.8 Å². The molecule has 0 atom stereocenters. The minimum atomic E-state index is 0.727. The highest BCUT2D eigenvalue weighted by molar-refractivity contribution is 5.79. The van der Waals surface area contributed by atoms with Gasteiger partial charge in [-0.15, -0.1) is 0 Å². The lowest BCUT2D eigenvalue weighted by molar-refractivity contribution is 0.330. The van der Waals surface area contributed by atoms with Crippen LogP contribution in [0.2, 0.25) is 0 Å². The molecule has 2 rings (SSSR count). The molecule has 4 heteroatoms. The molecule has 23 heavy (non-hydrogen) atoms. The Kier molecular flexibility index (Phi) is 7.95. The first-order valence-corrected chi connectivity index (χ1v) is 9.08. The van der Waals surface area contributed by atoms with Gasteiger partial charge in [0.25, 0.3) is 0 Å². The van der Waals surface area contributed by atoms with Crippen LogP contribution < -0.4 is 10.6 Å². The molecule has 0 bridgehead atoms. The number of hydrogen-bond donors (Lipinski definition) is 2. The number of nitrogens with zero attached hydrogens (tertiary/aromatic N) is 2. The van der Waals surface area contributed by atoms with Gasteiger partial charge in [0.1, 0.15) is 0 Å². The lowest BCUT2D eigenvalue weighted by Gasteiger charge is -2.15. The van der Waals surface area contributed by atoms with Crippen molar-refractivity contribution in [3.63, 3.8) is 0 Å². The Morgan fingerprint density at radius 2 is 2.00 bits per heavy atom. The largest absolute Gasteiger partial charge is 0.357 e. The van der Waals surface area contributed by atoms with Gasteiger partial charge in [-0.05, 0) is 64.7 Å². The van der Waals surface area contributed by atoms with Crippen molar-refractivity contribution >= 4 is 5.96 Å². The molecular weight excluding hydrogens is 284 g/mol. The van der Waals surface area contributed by atoms with Crippen molar-refractivity contribution in [3.05, 3.63) is 35.4 Å². The highest BCUT2D eigenvalue weighted by atomic mass is 15.2. The van der Waals surface area contributed by atoms with Crippen molar-refractivity contribution in [1.82, 2.24) is 15.5 Å². The molecule has 1 aromatic rings. The van der Waals surface area contributed by atoms with Gasteiger partial charge in [0.05, 0.1) is 6.54 Å². The second kappa shape index (κ2) is 10.3. The van der Waals surface area contributed by atoms with Crippen molar-refractivity contribution in [2.24, 2.45) is 4.99 Å². The number of benzene rings is 1. The standard InChI is InChI=1S/C19H32N4/c1-3-20-19(22-16-18-10-8-9-17(2)15-18)21-11-4-5-12-23-13-6-7-14-23/h8-10,15H,3-7,11-14,16H2,1-2H3,(H2,20,21,22). The third-order valence-electron chi connectivity index (χ3n) is 4.24. The number of likely N-dealkylation sites (tertiary alicyclic amines) is 1. The van der Waals surface area contributed by atoms with E-state index in [9.17, 15) is 0 Å². The van der Waals surface area contributed by atoms with Crippen LogP contribution in [0.25, 0.3) is 0 Å². The first-order chi connectivity index (χ1) is 11.3. The molecule has 2 N–H and O–H groups in total. The van der Waals surface area contributed by atoms with Gasteiger partial charge in [-0.2, -0.15) is 0 Å². The zero-order chi connectivity index (χ0) is 16.3. The van der Waals surface area contributed by atoms with Gasteiger partial charge in [-0.3, -0.25) is 0 Å². The van der Waals surface area contributed by atoms with Crippen LogP contribution in [0.3, 0.4) is 0 Å². The van der Waals surface area contributed by atoms with E-state index in [1.54, 1.807) is 0 Å². The Balaban J connectivity index is 1.68. The van der Waals surface area contributed by atoms with Gasteiger partial charge >= 0.3 is 0 Å². The molecule has 1 aromatic carbocycles. The maximum Gasteiger partial charge on any atom is 0.191 e. The Bertz CT molecular complexity index is 478. The fourth-order valence-electron chi connectivity index (χ4n) is 3.00. The van der Waals surface area contributed by atoms with Crippen LogP contribution in [0.1, 0.15) is 43.7 Å². The lowest BCUT2D eigenvalue weighted by Crippen LogP contribution is -2.38. The van der Waals surface area contributed by atoms with Crippen molar-refractivity contribution in [2.75, 3.05) is 32.7 Å². The summed E-state index contributed by atoms with van der Waals surface area (Å²) >= 11 is 0. The fourth-order valence-corrected chi connectivity index (χ4v) is 3.00. The molecule has 1 saturated heterocycles.